The molecule has 3 rings (SSSR count). The van der Waals surface area contributed by atoms with Gasteiger partial charge in [0.1, 0.15) is 17.2 Å². The summed E-state index contributed by atoms with van der Waals surface area (Å²) >= 11 is 0. The zero-order chi connectivity index (χ0) is 16.9. The highest BCUT2D eigenvalue weighted by Crippen LogP contribution is 2.34. The largest absolute Gasteiger partial charge is 0.496 e. The van der Waals surface area contributed by atoms with Gasteiger partial charge >= 0.3 is 0 Å². The Hall–Kier alpha value is -2.20. The van der Waals surface area contributed by atoms with E-state index in [9.17, 15) is 0 Å². The Kier molecular flexibility index (Phi) is 5.26. The molecule has 0 atom stereocenters. The summed E-state index contributed by atoms with van der Waals surface area (Å²) in [4.78, 5) is 2.49. The molecule has 0 aliphatic carbocycles. The molecule has 0 radical (unpaired) electrons. The summed E-state index contributed by atoms with van der Waals surface area (Å²) in [6, 6.07) is 12.6. The maximum atomic E-state index is 5.55. The van der Waals surface area contributed by atoms with Crippen molar-refractivity contribution in [3.05, 3.63) is 53.1 Å². The van der Waals surface area contributed by atoms with Crippen LogP contribution in [0.5, 0.6) is 17.2 Å². The minimum atomic E-state index is 0.749. The van der Waals surface area contributed by atoms with E-state index in [0.29, 0.717) is 0 Å². The Morgan fingerprint density at radius 2 is 1.58 bits per heavy atom. The van der Waals surface area contributed by atoms with Gasteiger partial charge in [0, 0.05) is 37.3 Å². The van der Waals surface area contributed by atoms with Gasteiger partial charge in [-0.1, -0.05) is 24.3 Å². The average Bonchev–Trinajstić information content (AvgIpc) is 2.65. The van der Waals surface area contributed by atoms with Crippen LogP contribution in [0.25, 0.3) is 0 Å². The number of ether oxygens (including phenoxy) is 3. The smallest absolute Gasteiger partial charge is 0.129 e. The topological polar surface area (TPSA) is 30.9 Å². The third-order valence-electron chi connectivity index (χ3n) is 4.70. The fourth-order valence-electron chi connectivity index (χ4n) is 3.34. The molecule has 0 N–H and O–H groups in total. The van der Waals surface area contributed by atoms with Gasteiger partial charge in [0.15, 0.2) is 0 Å². The molecule has 1 aliphatic rings. The zero-order valence-electron chi connectivity index (χ0n) is 14.7. The summed E-state index contributed by atoms with van der Waals surface area (Å²) in [6.45, 7) is 3.09. The summed E-state index contributed by atoms with van der Waals surface area (Å²) in [6.07, 6.45) is 2.01. The number of benzene rings is 2. The highest BCUT2D eigenvalue weighted by atomic mass is 16.5. The van der Waals surface area contributed by atoms with Gasteiger partial charge in [-0.05, 0) is 24.0 Å². The van der Waals surface area contributed by atoms with Crippen molar-refractivity contribution in [2.45, 2.75) is 19.4 Å². The van der Waals surface area contributed by atoms with Gasteiger partial charge in [0.25, 0.3) is 0 Å². The van der Waals surface area contributed by atoms with E-state index in [-0.39, 0.29) is 0 Å². The van der Waals surface area contributed by atoms with Crippen LogP contribution in [0, 0.1) is 0 Å². The molecule has 0 amide bonds. The van der Waals surface area contributed by atoms with Crippen LogP contribution in [0.15, 0.2) is 36.4 Å². The quantitative estimate of drug-likeness (QED) is 0.814. The predicted molar refractivity (Wildman–Crippen MR) is 95.2 cm³/mol. The predicted octanol–water partition coefficient (Wildman–Crippen LogP) is 3.31. The van der Waals surface area contributed by atoms with Gasteiger partial charge in [0.05, 0.1) is 21.3 Å². The summed E-state index contributed by atoms with van der Waals surface area (Å²) in [7, 11) is 5.03. The fourth-order valence-corrected chi connectivity index (χ4v) is 3.34. The van der Waals surface area contributed by atoms with Crippen LogP contribution < -0.4 is 14.2 Å². The van der Waals surface area contributed by atoms with Gasteiger partial charge in [-0.15, -0.1) is 0 Å². The molecule has 24 heavy (non-hydrogen) atoms. The van der Waals surface area contributed by atoms with E-state index in [1.54, 1.807) is 21.3 Å². The zero-order valence-corrected chi connectivity index (χ0v) is 14.7. The molecule has 2 aromatic carbocycles. The second kappa shape index (κ2) is 7.58. The lowest BCUT2D eigenvalue weighted by Crippen LogP contribution is -2.32. The molecule has 1 aliphatic heterocycles. The Bertz CT molecular complexity index is 674. The van der Waals surface area contributed by atoms with Crippen molar-refractivity contribution in [2.75, 3.05) is 34.4 Å². The lowest BCUT2D eigenvalue weighted by molar-refractivity contribution is 0.255. The standard InChI is InChI=1S/C20H25NO3/c1-22-17-12-19(23-2)18(20(13-17)24-3)9-11-21-10-8-15-6-4-5-7-16(15)14-21/h4-7,12-13H,8-11,14H2,1-3H3. The molecule has 1 heterocycles. The van der Waals surface area contributed by atoms with Crippen LogP contribution >= 0.6 is 0 Å². The van der Waals surface area contributed by atoms with Crippen molar-refractivity contribution in [3.8, 4) is 17.2 Å². The van der Waals surface area contributed by atoms with Crippen LogP contribution in [-0.2, 0) is 19.4 Å². The molecule has 0 aromatic heterocycles. The number of rotatable bonds is 6. The first kappa shape index (κ1) is 16.7. The van der Waals surface area contributed by atoms with E-state index in [4.69, 9.17) is 14.2 Å². The molecule has 0 bridgehead atoms. The Morgan fingerprint density at radius 1 is 0.917 bits per heavy atom. The highest BCUT2D eigenvalue weighted by molar-refractivity contribution is 5.50. The van der Waals surface area contributed by atoms with Crippen LogP contribution in [0.3, 0.4) is 0 Å². The van der Waals surface area contributed by atoms with Gasteiger partial charge in [-0.2, -0.15) is 0 Å². The Labute approximate surface area is 144 Å². The normalized spacial score (nSPS) is 14.1. The molecule has 128 valence electrons. The van der Waals surface area contributed by atoms with E-state index < -0.39 is 0 Å². The van der Waals surface area contributed by atoms with Gasteiger partial charge in [-0.3, -0.25) is 4.90 Å². The van der Waals surface area contributed by atoms with Crippen molar-refractivity contribution in [1.29, 1.82) is 0 Å². The Morgan fingerprint density at radius 3 is 2.21 bits per heavy atom. The molecule has 4 nitrogen and oxygen atoms in total. The maximum Gasteiger partial charge on any atom is 0.129 e. The van der Waals surface area contributed by atoms with E-state index in [1.165, 1.54) is 11.1 Å². The number of hydrogen-bond donors (Lipinski definition) is 0. The summed E-state index contributed by atoms with van der Waals surface area (Å²) < 4.78 is 16.4. The second-order valence-corrected chi connectivity index (χ2v) is 6.06. The molecule has 2 aromatic rings. The molecule has 0 saturated carbocycles. The van der Waals surface area contributed by atoms with E-state index >= 15 is 0 Å². The second-order valence-electron chi connectivity index (χ2n) is 6.06. The maximum absolute atomic E-state index is 5.55. The summed E-state index contributed by atoms with van der Waals surface area (Å²) in [5.74, 6) is 2.39. The minimum absolute atomic E-state index is 0.749. The van der Waals surface area contributed by atoms with Gasteiger partial charge in [0.2, 0.25) is 0 Å². The first-order valence-corrected chi connectivity index (χ1v) is 8.33. The van der Waals surface area contributed by atoms with Crippen molar-refractivity contribution < 1.29 is 14.2 Å². The third-order valence-corrected chi connectivity index (χ3v) is 4.70. The number of fused-ring (bicyclic) bond motifs is 1. The van der Waals surface area contributed by atoms with E-state index in [0.717, 1.165) is 55.3 Å². The van der Waals surface area contributed by atoms with Crippen LogP contribution in [-0.4, -0.2) is 39.3 Å². The van der Waals surface area contributed by atoms with Crippen LogP contribution in [0.4, 0.5) is 0 Å². The van der Waals surface area contributed by atoms with E-state index in [1.807, 2.05) is 12.1 Å². The van der Waals surface area contributed by atoms with Crippen molar-refractivity contribution in [1.82, 2.24) is 4.90 Å². The number of nitrogens with zero attached hydrogens (tertiary/aromatic N) is 1. The Balaban J connectivity index is 1.73. The van der Waals surface area contributed by atoms with Gasteiger partial charge < -0.3 is 14.2 Å². The SMILES string of the molecule is COc1cc(OC)c(CCN2CCc3ccccc3C2)c(OC)c1. The lowest BCUT2D eigenvalue weighted by atomic mass is 9.99. The van der Waals surface area contributed by atoms with E-state index in [2.05, 4.69) is 29.2 Å². The molecular weight excluding hydrogens is 302 g/mol. The molecule has 0 spiro atoms. The average molecular weight is 327 g/mol. The summed E-state index contributed by atoms with van der Waals surface area (Å²) in [5, 5.41) is 0. The molecule has 4 heteroatoms. The van der Waals surface area contributed by atoms with Gasteiger partial charge in [-0.25, -0.2) is 0 Å². The molecule has 0 unspecified atom stereocenters. The highest BCUT2D eigenvalue weighted by Gasteiger charge is 2.18. The molecular formula is C20H25NO3. The monoisotopic (exact) mass is 327 g/mol. The first-order chi connectivity index (χ1) is 11.7. The van der Waals surface area contributed by atoms with Crippen LogP contribution in [0.2, 0.25) is 0 Å². The fraction of sp³-hybridized carbons (Fsp3) is 0.400. The van der Waals surface area contributed by atoms with Crippen LogP contribution in [0.1, 0.15) is 16.7 Å². The molecule has 0 fully saturated rings. The number of hydrogen-bond acceptors (Lipinski definition) is 4. The number of methoxy groups -OCH3 is 3. The van der Waals surface area contributed by atoms with Crippen molar-refractivity contribution >= 4 is 0 Å². The van der Waals surface area contributed by atoms with Crippen molar-refractivity contribution in [3.63, 3.8) is 0 Å². The lowest BCUT2D eigenvalue weighted by Gasteiger charge is -2.29. The first-order valence-electron chi connectivity index (χ1n) is 8.33. The van der Waals surface area contributed by atoms with Crippen molar-refractivity contribution in [2.24, 2.45) is 0 Å². The molecule has 0 saturated heterocycles. The minimum Gasteiger partial charge on any atom is -0.496 e. The third kappa shape index (κ3) is 3.49. The summed E-state index contributed by atoms with van der Waals surface area (Å²) in [5.41, 5.74) is 4.02.